The first-order valence-corrected chi connectivity index (χ1v) is 9.40. The molecule has 27 heavy (non-hydrogen) atoms. The van der Waals surface area contributed by atoms with Crippen LogP contribution in [0.3, 0.4) is 0 Å². The topological polar surface area (TPSA) is 49.1 Å². The summed E-state index contributed by atoms with van der Waals surface area (Å²) in [5.74, 6) is -0.0592. The molecule has 0 N–H and O–H groups in total. The van der Waals surface area contributed by atoms with E-state index < -0.39 is 5.82 Å². The molecular formula is C22H26FN3O. The number of nitrogens with zero attached hydrogens (tertiary/aromatic N) is 3. The van der Waals surface area contributed by atoms with E-state index in [0.717, 1.165) is 37.2 Å². The highest BCUT2D eigenvalue weighted by Gasteiger charge is 2.28. The number of nitriles is 1. The lowest BCUT2D eigenvalue weighted by atomic mass is 9.90. The van der Waals surface area contributed by atoms with Gasteiger partial charge in [0.15, 0.2) is 5.82 Å². The molecule has 1 aromatic heterocycles. The van der Waals surface area contributed by atoms with Gasteiger partial charge in [-0.2, -0.15) is 5.26 Å². The number of benzene rings is 1. The van der Waals surface area contributed by atoms with Gasteiger partial charge in [0.05, 0.1) is 11.6 Å². The summed E-state index contributed by atoms with van der Waals surface area (Å²) in [6, 6.07) is 12.4. The molecule has 1 aromatic carbocycles. The molecule has 0 atom stereocenters. The summed E-state index contributed by atoms with van der Waals surface area (Å²) in [7, 11) is 0. The zero-order chi connectivity index (χ0) is 19.4. The van der Waals surface area contributed by atoms with E-state index in [2.05, 4.69) is 36.7 Å². The molecule has 0 aliphatic carbocycles. The Kier molecular flexibility index (Phi) is 5.76. The predicted molar refractivity (Wildman–Crippen MR) is 103 cm³/mol. The third-order valence-corrected chi connectivity index (χ3v) is 5.16. The highest BCUT2D eigenvalue weighted by molar-refractivity contribution is 5.31. The van der Waals surface area contributed by atoms with Crippen LogP contribution >= 0.6 is 0 Å². The largest absolute Gasteiger partial charge is 0.471 e. The molecular weight excluding hydrogens is 341 g/mol. The summed E-state index contributed by atoms with van der Waals surface area (Å²) in [4.78, 5) is 6.95. The first-order chi connectivity index (χ1) is 12.9. The highest BCUT2D eigenvalue weighted by atomic mass is 19.1. The average molecular weight is 367 g/mol. The average Bonchev–Trinajstić information content (AvgIpc) is 2.67. The zero-order valence-electron chi connectivity index (χ0n) is 16.2. The number of hydrogen-bond acceptors (Lipinski definition) is 4. The standard InChI is InChI=1S/C22H26FN3O/c1-22(2,3)26-12-10-18(11-13-26)20-9-8-19(23)21(25-20)27-15-17-6-4-16(14-24)5-7-17/h4-9,18H,10-13,15H2,1-3H3. The fourth-order valence-corrected chi connectivity index (χ4v) is 3.44. The van der Waals surface area contributed by atoms with Crippen molar-refractivity contribution in [1.29, 1.82) is 5.26 Å². The Labute approximate surface area is 160 Å². The lowest BCUT2D eigenvalue weighted by molar-refractivity contribution is 0.101. The Hall–Kier alpha value is -2.45. The van der Waals surface area contributed by atoms with E-state index in [0.29, 0.717) is 11.5 Å². The molecule has 0 amide bonds. The summed E-state index contributed by atoms with van der Waals surface area (Å²) < 4.78 is 19.8. The molecule has 1 fully saturated rings. The van der Waals surface area contributed by atoms with Gasteiger partial charge >= 0.3 is 0 Å². The fourth-order valence-electron chi connectivity index (χ4n) is 3.44. The van der Waals surface area contributed by atoms with E-state index in [1.807, 2.05) is 12.1 Å². The van der Waals surface area contributed by atoms with Crippen LogP contribution in [-0.2, 0) is 6.61 Å². The monoisotopic (exact) mass is 367 g/mol. The number of rotatable bonds is 4. The smallest absolute Gasteiger partial charge is 0.250 e. The second kappa shape index (κ2) is 8.06. The van der Waals surface area contributed by atoms with Gasteiger partial charge < -0.3 is 4.74 Å². The van der Waals surface area contributed by atoms with Crippen molar-refractivity contribution in [3.8, 4) is 11.9 Å². The number of piperidine rings is 1. The number of hydrogen-bond donors (Lipinski definition) is 0. The summed E-state index contributed by atoms with van der Waals surface area (Å²) in [5, 5.41) is 8.84. The van der Waals surface area contributed by atoms with Gasteiger partial charge in [0.2, 0.25) is 0 Å². The van der Waals surface area contributed by atoms with Crippen LogP contribution in [0.25, 0.3) is 0 Å². The van der Waals surface area contributed by atoms with Gasteiger partial charge in [-0.1, -0.05) is 12.1 Å². The molecule has 0 spiro atoms. The molecule has 2 aromatic rings. The predicted octanol–water partition coefficient (Wildman–Crippen LogP) is 4.65. The van der Waals surface area contributed by atoms with Gasteiger partial charge in [-0.05, 0) is 76.5 Å². The van der Waals surface area contributed by atoms with Crippen molar-refractivity contribution in [2.45, 2.75) is 51.7 Å². The second-order valence-corrected chi connectivity index (χ2v) is 8.05. The van der Waals surface area contributed by atoms with E-state index in [-0.39, 0.29) is 18.0 Å². The third kappa shape index (κ3) is 4.84. The van der Waals surface area contributed by atoms with Crippen LogP contribution in [0.2, 0.25) is 0 Å². The minimum Gasteiger partial charge on any atom is -0.471 e. The summed E-state index contributed by atoms with van der Waals surface area (Å²) in [6.45, 7) is 8.97. The lowest BCUT2D eigenvalue weighted by Crippen LogP contribution is -2.45. The quantitative estimate of drug-likeness (QED) is 0.789. The fraction of sp³-hybridized carbons (Fsp3) is 0.455. The van der Waals surface area contributed by atoms with E-state index in [1.54, 1.807) is 18.2 Å². The Morgan fingerprint density at radius 1 is 1.15 bits per heavy atom. The molecule has 1 aliphatic rings. The SMILES string of the molecule is CC(C)(C)N1CCC(c2ccc(F)c(OCc3ccc(C#N)cc3)n2)CC1. The van der Waals surface area contributed by atoms with Crippen molar-refractivity contribution in [3.63, 3.8) is 0 Å². The molecule has 1 saturated heterocycles. The molecule has 0 radical (unpaired) electrons. The van der Waals surface area contributed by atoms with Crippen LogP contribution in [0.15, 0.2) is 36.4 Å². The number of aromatic nitrogens is 1. The molecule has 142 valence electrons. The van der Waals surface area contributed by atoms with Crippen LogP contribution in [0, 0.1) is 17.1 Å². The van der Waals surface area contributed by atoms with Gasteiger partial charge in [0.1, 0.15) is 6.61 Å². The molecule has 3 rings (SSSR count). The molecule has 4 nitrogen and oxygen atoms in total. The van der Waals surface area contributed by atoms with Crippen molar-refractivity contribution in [2.24, 2.45) is 0 Å². The Morgan fingerprint density at radius 2 is 1.81 bits per heavy atom. The summed E-state index contributed by atoms with van der Waals surface area (Å²) in [5.41, 5.74) is 2.54. The highest BCUT2D eigenvalue weighted by Crippen LogP contribution is 2.31. The van der Waals surface area contributed by atoms with Crippen molar-refractivity contribution >= 4 is 0 Å². The van der Waals surface area contributed by atoms with Gasteiger partial charge in [0.25, 0.3) is 5.88 Å². The van der Waals surface area contributed by atoms with Crippen LogP contribution < -0.4 is 4.74 Å². The Morgan fingerprint density at radius 3 is 2.41 bits per heavy atom. The maximum Gasteiger partial charge on any atom is 0.250 e. The van der Waals surface area contributed by atoms with E-state index in [9.17, 15) is 4.39 Å². The van der Waals surface area contributed by atoms with Crippen molar-refractivity contribution < 1.29 is 9.13 Å². The van der Waals surface area contributed by atoms with E-state index in [1.165, 1.54) is 6.07 Å². The first kappa shape index (κ1) is 19.3. The number of pyridine rings is 1. The zero-order valence-corrected chi connectivity index (χ0v) is 16.2. The normalized spacial score (nSPS) is 16.1. The van der Waals surface area contributed by atoms with Gasteiger partial charge in [-0.3, -0.25) is 4.90 Å². The molecule has 0 bridgehead atoms. The van der Waals surface area contributed by atoms with E-state index >= 15 is 0 Å². The Balaban J connectivity index is 1.65. The number of likely N-dealkylation sites (tertiary alicyclic amines) is 1. The van der Waals surface area contributed by atoms with Gasteiger partial charge in [0, 0.05) is 17.2 Å². The minimum atomic E-state index is -0.445. The third-order valence-electron chi connectivity index (χ3n) is 5.16. The van der Waals surface area contributed by atoms with Gasteiger partial charge in [-0.25, -0.2) is 9.37 Å². The molecule has 0 saturated carbocycles. The van der Waals surface area contributed by atoms with Crippen molar-refractivity contribution in [3.05, 3.63) is 59.0 Å². The van der Waals surface area contributed by atoms with Crippen molar-refractivity contribution in [1.82, 2.24) is 9.88 Å². The summed E-state index contributed by atoms with van der Waals surface area (Å²) in [6.07, 6.45) is 2.04. The van der Waals surface area contributed by atoms with Crippen LogP contribution in [0.4, 0.5) is 4.39 Å². The van der Waals surface area contributed by atoms with Crippen LogP contribution in [-0.4, -0.2) is 28.5 Å². The Bertz CT molecular complexity index is 813. The van der Waals surface area contributed by atoms with Gasteiger partial charge in [-0.15, -0.1) is 0 Å². The maximum atomic E-state index is 14.1. The minimum absolute atomic E-state index is 0.0510. The van der Waals surface area contributed by atoms with Crippen LogP contribution in [0.5, 0.6) is 5.88 Å². The van der Waals surface area contributed by atoms with Crippen molar-refractivity contribution in [2.75, 3.05) is 13.1 Å². The molecule has 5 heteroatoms. The number of halogens is 1. The summed E-state index contributed by atoms with van der Waals surface area (Å²) >= 11 is 0. The second-order valence-electron chi connectivity index (χ2n) is 8.05. The van der Waals surface area contributed by atoms with Crippen LogP contribution in [0.1, 0.15) is 56.4 Å². The molecule has 1 aliphatic heterocycles. The maximum absolute atomic E-state index is 14.1. The first-order valence-electron chi connectivity index (χ1n) is 9.40. The molecule has 0 unspecified atom stereocenters. The molecule has 2 heterocycles. The lowest BCUT2D eigenvalue weighted by Gasteiger charge is -2.40. The number of ether oxygens (including phenoxy) is 1. The van der Waals surface area contributed by atoms with E-state index in [4.69, 9.17) is 10.00 Å².